The zero-order valence-corrected chi connectivity index (χ0v) is 16.0. The Morgan fingerprint density at radius 3 is 1.95 bits per heavy atom. The number of rotatable bonds is 4. The molecular formula is C17H39N3O+2. The molecule has 1 rings (SSSR count). The molecule has 21 heavy (non-hydrogen) atoms. The lowest BCUT2D eigenvalue weighted by Crippen LogP contribution is -2.67. The summed E-state index contributed by atoms with van der Waals surface area (Å²) in [5.41, 5.74) is 0.257. The van der Waals surface area contributed by atoms with Gasteiger partial charge in [0.05, 0.1) is 34.3 Å². The van der Waals surface area contributed by atoms with Crippen LogP contribution in [0.3, 0.4) is 0 Å². The number of aliphatic hydroxyl groups is 1. The fourth-order valence-electron chi connectivity index (χ4n) is 4.42. The molecule has 1 heterocycles. The smallest absolute Gasteiger partial charge is 0.159 e. The Balaban J connectivity index is 2.93. The minimum absolute atomic E-state index is 0.136. The summed E-state index contributed by atoms with van der Waals surface area (Å²) in [5.74, 6) is 0.302. The summed E-state index contributed by atoms with van der Waals surface area (Å²) >= 11 is 0. The van der Waals surface area contributed by atoms with Crippen LogP contribution < -0.4 is 0 Å². The molecule has 1 aliphatic heterocycles. The van der Waals surface area contributed by atoms with E-state index < -0.39 is 0 Å². The third kappa shape index (κ3) is 3.98. The molecule has 0 bridgehead atoms. The minimum atomic E-state index is -0.302. The molecule has 1 saturated heterocycles. The van der Waals surface area contributed by atoms with Gasteiger partial charge in [-0.2, -0.15) is 9.18 Å². The van der Waals surface area contributed by atoms with Crippen LogP contribution in [0.5, 0.6) is 0 Å². The van der Waals surface area contributed by atoms with Crippen LogP contribution in [-0.2, 0) is 0 Å². The first-order chi connectivity index (χ1) is 9.20. The van der Waals surface area contributed by atoms with E-state index >= 15 is 0 Å². The highest BCUT2D eigenvalue weighted by Gasteiger charge is 2.56. The van der Waals surface area contributed by atoms with E-state index in [2.05, 4.69) is 74.9 Å². The third-order valence-electron chi connectivity index (χ3n) is 5.25. The largest absolute Gasteiger partial charge is 0.391 e. The summed E-state index contributed by atoms with van der Waals surface area (Å²) in [7, 11) is 9.02. The highest BCUT2D eigenvalue weighted by Crippen LogP contribution is 2.34. The first kappa shape index (κ1) is 18.9. The summed E-state index contributed by atoms with van der Waals surface area (Å²) in [4.78, 5) is 0. The van der Waals surface area contributed by atoms with Crippen molar-refractivity contribution >= 4 is 0 Å². The monoisotopic (exact) mass is 301 g/mol. The maximum absolute atomic E-state index is 10.9. The highest BCUT2D eigenvalue weighted by atomic mass is 16.3. The number of quaternary nitrogens is 2. The first-order valence-corrected chi connectivity index (χ1v) is 8.35. The standard InChI is InChI=1S/C17H39N3O/c1-13(11-17(4,5)6)16(21)15(3)18-19(7,8)12-14(2)20(18,9)10/h13-16,21H,11-12H2,1-10H3/q+2. The molecule has 4 unspecified atom stereocenters. The van der Waals surface area contributed by atoms with E-state index in [1.807, 2.05) is 0 Å². The second-order valence-corrected chi connectivity index (χ2v) is 9.43. The van der Waals surface area contributed by atoms with Crippen LogP contribution in [0.25, 0.3) is 0 Å². The van der Waals surface area contributed by atoms with Crippen LogP contribution in [0, 0.1) is 11.3 Å². The maximum Gasteiger partial charge on any atom is 0.159 e. The molecular weight excluding hydrogens is 262 g/mol. The molecule has 1 N–H and O–H groups in total. The fourth-order valence-corrected chi connectivity index (χ4v) is 4.42. The topological polar surface area (TPSA) is 23.5 Å². The van der Waals surface area contributed by atoms with Crippen molar-refractivity contribution in [3.8, 4) is 0 Å². The number of aliphatic hydroxyl groups excluding tert-OH is 1. The molecule has 0 spiro atoms. The normalized spacial score (nSPS) is 30.1. The van der Waals surface area contributed by atoms with Crippen LogP contribution in [-0.4, -0.2) is 72.3 Å². The van der Waals surface area contributed by atoms with E-state index in [9.17, 15) is 5.11 Å². The molecule has 126 valence electrons. The molecule has 0 aromatic carbocycles. The SMILES string of the molecule is CC(CC(C)(C)C)C(O)C(C)N1[N+](C)(C)CC(C)[N+]1(C)C. The van der Waals surface area contributed by atoms with Crippen molar-refractivity contribution in [2.45, 2.75) is 66.2 Å². The van der Waals surface area contributed by atoms with Gasteiger partial charge in [-0.3, -0.25) is 0 Å². The van der Waals surface area contributed by atoms with Crippen LogP contribution in [0.15, 0.2) is 0 Å². The van der Waals surface area contributed by atoms with Crippen molar-refractivity contribution in [3.05, 3.63) is 0 Å². The Kier molecular flexibility index (Phi) is 5.22. The number of likely N-dealkylation sites (N-methyl/N-ethyl adjacent to an activating group) is 2. The van der Waals surface area contributed by atoms with Crippen molar-refractivity contribution in [1.82, 2.24) is 5.12 Å². The van der Waals surface area contributed by atoms with E-state index in [1.54, 1.807) is 0 Å². The van der Waals surface area contributed by atoms with Gasteiger partial charge in [-0.05, 0) is 31.6 Å². The Labute approximate surface area is 132 Å². The van der Waals surface area contributed by atoms with Gasteiger partial charge in [0.25, 0.3) is 0 Å². The average Bonchev–Trinajstić information content (AvgIpc) is 2.39. The summed E-state index contributed by atoms with van der Waals surface area (Å²) < 4.78 is 1.68. The van der Waals surface area contributed by atoms with Crippen molar-refractivity contribution < 1.29 is 14.3 Å². The fraction of sp³-hybridized carbons (Fsp3) is 1.00. The molecule has 1 fully saturated rings. The molecule has 1 aliphatic rings. The molecule has 4 nitrogen and oxygen atoms in total. The predicted molar refractivity (Wildman–Crippen MR) is 89.1 cm³/mol. The van der Waals surface area contributed by atoms with Crippen LogP contribution in [0.4, 0.5) is 0 Å². The summed E-state index contributed by atoms with van der Waals surface area (Å²) in [6.07, 6.45) is 0.743. The summed E-state index contributed by atoms with van der Waals surface area (Å²) in [6, 6.07) is 0.699. The molecule has 4 atom stereocenters. The second-order valence-electron chi connectivity index (χ2n) is 9.43. The van der Waals surface area contributed by atoms with Crippen LogP contribution in [0.1, 0.15) is 48.0 Å². The third-order valence-corrected chi connectivity index (χ3v) is 5.25. The van der Waals surface area contributed by atoms with Crippen molar-refractivity contribution in [1.29, 1.82) is 0 Å². The lowest BCUT2D eigenvalue weighted by molar-refractivity contribution is -1.19. The Hall–Kier alpha value is -0.160. The van der Waals surface area contributed by atoms with Crippen LogP contribution in [0.2, 0.25) is 0 Å². The number of hydrogen-bond donors (Lipinski definition) is 1. The van der Waals surface area contributed by atoms with Gasteiger partial charge in [0.15, 0.2) is 12.6 Å². The lowest BCUT2D eigenvalue weighted by atomic mass is 9.81. The molecule has 0 radical (unpaired) electrons. The van der Waals surface area contributed by atoms with E-state index in [4.69, 9.17) is 0 Å². The van der Waals surface area contributed by atoms with Gasteiger partial charge in [-0.15, -0.1) is 0 Å². The lowest BCUT2D eigenvalue weighted by Gasteiger charge is -2.44. The molecule has 0 aliphatic carbocycles. The average molecular weight is 302 g/mol. The molecule has 4 heteroatoms. The Bertz CT molecular complexity index is 360. The van der Waals surface area contributed by atoms with Gasteiger partial charge < -0.3 is 5.11 Å². The highest BCUT2D eigenvalue weighted by molar-refractivity contribution is 4.78. The quantitative estimate of drug-likeness (QED) is 0.807. The van der Waals surface area contributed by atoms with Crippen molar-refractivity contribution in [3.63, 3.8) is 0 Å². The molecule has 0 aromatic heterocycles. The van der Waals surface area contributed by atoms with Gasteiger partial charge in [-0.25, -0.2) is 0 Å². The number of hydrogen-bond acceptors (Lipinski definition) is 2. The van der Waals surface area contributed by atoms with E-state index in [-0.39, 0.29) is 17.6 Å². The molecule has 0 aromatic rings. The second kappa shape index (κ2) is 5.80. The van der Waals surface area contributed by atoms with Gasteiger partial charge >= 0.3 is 0 Å². The van der Waals surface area contributed by atoms with Gasteiger partial charge in [0.2, 0.25) is 0 Å². The van der Waals surface area contributed by atoms with E-state index in [0.717, 1.165) is 22.1 Å². The maximum atomic E-state index is 10.9. The van der Waals surface area contributed by atoms with Gasteiger partial charge in [-0.1, -0.05) is 27.7 Å². The van der Waals surface area contributed by atoms with E-state index in [1.165, 1.54) is 0 Å². The zero-order chi connectivity index (χ0) is 16.8. The Morgan fingerprint density at radius 1 is 1.14 bits per heavy atom. The van der Waals surface area contributed by atoms with Gasteiger partial charge in [0, 0.05) is 5.12 Å². The minimum Gasteiger partial charge on any atom is -0.391 e. The van der Waals surface area contributed by atoms with Crippen LogP contribution >= 0.6 is 0 Å². The number of nitrogens with zero attached hydrogens (tertiary/aromatic N) is 3. The molecule has 0 saturated carbocycles. The first-order valence-electron chi connectivity index (χ1n) is 8.35. The van der Waals surface area contributed by atoms with Crippen molar-refractivity contribution in [2.75, 3.05) is 34.7 Å². The Morgan fingerprint density at radius 2 is 1.62 bits per heavy atom. The molecule has 0 amide bonds. The van der Waals surface area contributed by atoms with Gasteiger partial charge in [0.1, 0.15) is 6.04 Å². The van der Waals surface area contributed by atoms with Crippen molar-refractivity contribution in [2.24, 2.45) is 11.3 Å². The zero-order valence-electron chi connectivity index (χ0n) is 16.0. The summed E-state index contributed by atoms with van der Waals surface area (Å²) in [5, 5.41) is 13.4. The summed E-state index contributed by atoms with van der Waals surface area (Å²) in [6.45, 7) is 14.5. The van der Waals surface area contributed by atoms with E-state index in [0.29, 0.717) is 12.0 Å². The predicted octanol–water partition coefficient (Wildman–Crippen LogP) is 2.50.